The van der Waals surface area contributed by atoms with Crippen molar-refractivity contribution >= 4 is 17.7 Å². The topological polar surface area (TPSA) is 80.7 Å². The molecule has 1 atom stereocenters. The normalized spacial score (nSPS) is 13.4. The zero-order chi connectivity index (χ0) is 25.8. The Morgan fingerprint density at radius 3 is 2.54 bits per heavy atom. The molecule has 0 fully saturated rings. The number of amides is 1. The standard InChI is InChI=1S/C31H28N2O4/c1-20-5-7-21(8-6-20)23-11-14-27-25(18-23)19-24(15-17-37-27)31(35)33-26-12-9-22(10-13-26)30(34)29-28(36-2)4-3-16-32-29/h3-14,16,18-19,30,34H,15,17H2,1-2H3,(H,33,35). The van der Waals surface area contributed by atoms with Crippen LogP contribution in [0.2, 0.25) is 0 Å². The van der Waals surface area contributed by atoms with Crippen molar-refractivity contribution in [3.8, 4) is 22.6 Å². The highest BCUT2D eigenvalue weighted by Gasteiger charge is 2.19. The highest BCUT2D eigenvalue weighted by atomic mass is 16.5. The van der Waals surface area contributed by atoms with Gasteiger partial charge in [-0.1, -0.05) is 48.0 Å². The summed E-state index contributed by atoms with van der Waals surface area (Å²) in [6.07, 6.45) is 3.07. The predicted octanol–water partition coefficient (Wildman–Crippen LogP) is 5.95. The van der Waals surface area contributed by atoms with Gasteiger partial charge in [-0.2, -0.15) is 0 Å². The first-order valence-electron chi connectivity index (χ1n) is 12.1. The van der Waals surface area contributed by atoms with Crippen LogP contribution in [-0.4, -0.2) is 29.7 Å². The van der Waals surface area contributed by atoms with Gasteiger partial charge in [0.2, 0.25) is 0 Å². The number of ether oxygens (including phenoxy) is 2. The van der Waals surface area contributed by atoms with Crippen molar-refractivity contribution in [3.63, 3.8) is 0 Å². The Kier molecular flexibility index (Phi) is 7.01. The number of benzene rings is 3. The minimum absolute atomic E-state index is 0.183. The second-order valence-corrected chi connectivity index (χ2v) is 8.96. The number of nitrogens with one attached hydrogen (secondary N) is 1. The maximum absolute atomic E-state index is 13.1. The van der Waals surface area contributed by atoms with Crippen LogP contribution in [0.1, 0.15) is 34.9 Å². The summed E-state index contributed by atoms with van der Waals surface area (Å²) in [6.45, 7) is 2.49. The average molecular weight is 493 g/mol. The number of aliphatic hydroxyl groups excluding tert-OH is 1. The van der Waals surface area contributed by atoms with Crippen LogP contribution in [0.3, 0.4) is 0 Å². The quantitative estimate of drug-likeness (QED) is 0.348. The van der Waals surface area contributed by atoms with E-state index >= 15 is 0 Å². The van der Waals surface area contributed by atoms with Gasteiger partial charge < -0.3 is 19.9 Å². The molecule has 2 heterocycles. The third kappa shape index (κ3) is 5.39. The number of aromatic nitrogens is 1. The molecule has 0 bridgehead atoms. The maximum atomic E-state index is 13.1. The molecule has 0 aliphatic carbocycles. The second-order valence-electron chi connectivity index (χ2n) is 8.96. The van der Waals surface area contributed by atoms with Gasteiger partial charge in [0.1, 0.15) is 23.3 Å². The Labute approximate surface area is 216 Å². The molecule has 1 unspecified atom stereocenters. The molecular weight excluding hydrogens is 464 g/mol. The molecule has 5 rings (SSSR count). The molecule has 4 aromatic rings. The Morgan fingerprint density at radius 1 is 1.03 bits per heavy atom. The maximum Gasteiger partial charge on any atom is 0.251 e. The number of fused-ring (bicyclic) bond motifs is 1. The molecular formula is C31H28N2O4. The predicted molar refractivity (Wildman–Crippen MR) is 145 cm³/mol. The molecule has 1 aliphatic rings. The van der Waals surface area contributed by atoms with Gasteiger partial charge in [0, 0.05) is 29.4 Å². The van der Waals surface area contributed by atoms with E-state index in [1.807, 2.05) is 18.2 Å². The van der Waals surface area contributed by atoms with Crippen molar-refractivity contribution < 1.29 is 19.4 Å². The van der Waals surface area contributed by atoms with E-state index in [0.29, 0.717) is 41.3 Å². The summed E-state index contributed by atoms with van der Waals surface area (Å²) < 4.78 is 11.2. The Balaban J connectivity index is 1.33. The van der Waals surface area contributed by atoms with Crippen molar-refractivity contribution in [2.45, 2.75) is 19.4 Å². The molecule has 1 aromatic heterocycles. The summed E-state index contributed by atoms with van der Waals surface area (Å²) >= 11 is 0. The second kappa shape index (κ2) is 10.7. The van der Waals surface area contributed by atoms with Gasteiger partial charge in [0.05, 0.1) is 13.7 Å². The molecule has 1 amide bonds. The molecule has 186 valence electrons. The van der Waals surface area contributed by atoms with Crippen LogP contribution >= 0.6 is 0 Å². The lowest BCUT2D eigenvalue weighted by Gasteiger charge is -2.14. The molecule has 37 heavy (non-hydrogen) atoms. The molecule has 6 heteroatoms. The summed E-state index contributed by atoms with van der Waals surface area (Å²) in [6, 6.07) is 25.0. The number of methoxy groups -OCH3 is 1. The van der Waals surface area contributed by atoms with Crippen LogP contribution in [-0.2, 0) is 4.79 Å². The SMILES string of the molecule is COc1cccnc1C(O)c1ccc(NC(=O)C2=Cc3cc(-c4ccc(C)cc4)ccc3OCC2)cc1. The summed E-state index contributed by atoms with van der Waals surface area (Å²) in [7, 11) is 1.54. The molecule has 0 radical (unpaired) electrons. The highest BCUT2D eigenvalue weighted by molar-refractivity contribution is 6.07. The fourth-order valence-electron chi connectivity index (χ4n) is 4.33. The number of hydrogen-bond donors (Lipinski definition) is 2. The summed E-state index contributed by atoms with van der Waals surface area (Å²) in [5.41, 5.74) is 6.63. The highest BCUT2D eigenvalue weighted by Crippen LogP contribution is 2.32. The lowest BCUT2D eigenvalue weighted by molar-refractivity contribution is -0.113. The van der Waals surface area contributed by atoms with E-state index in [1.165, 1.54) is 5.56 Å². The molecule has 2 N–H and O–H groups in total. The first-order valence-corrected chi connectivity index (χ1v) is 12.1. The number of pyridine rings is 1. The fourth-order valence-corrected chi connectivity index (χ4v) is 4.33. The van der Waals surface area contributed by atoms with Gasteiger partial charge in [0.15, 0.2) is 0 Å². The third-order valence-electron chi connectivity index (χ3n) is 6.41. The lowest BCUT2D eigenvalue weighted by atomic mass is 10.00. The summed E-state index contributed by atoms with van der Waals surface area (Å²) in [4.78, 5) is 17.4. The van der Waals surface area contributed by atoms with E-state index in [2.05, 4.69) is 47.6 Å². The number of aliphatic hydroxyl groups is 1. The molecule has 0 saturated heterocycles. The van der Waals surface area contributed by atoms with Crippen LogP contribution in [0.4, 0.5) is 5.69 Å². The number of nitrogens with zero attached hydrogens (tertiary/aromatic N) is 1. The first kappa shape index (κ1) is 24.3. The van der Waals surface area contributed by atoms with Gasteiger partial charge in [-0.25, -0.2) is 0 Å². The number of carbonyl (C=O) groups excluding carboxylic acids is 1. The van der Waals surface area contributed by atoms with Gasteiger partial charge >= 0.3 is 0 Å². The van der Waals surface area contributed by atoms with Gasteiger partial charge in [-0.15, -0.1) is 0 Å². The van der Waals surface area contributed by atoms with Crippen molar-refractivity contribution in [2.75, 3.05) is 19.0 Å². The van der Waals surface area contributed by atoms with Crippen molar-refractivity contribution in [1.29, 1.82) is 0 Å². The summed E-state index contributed by atoms with van der Waals surface area (Å²) in [5, 5.41) is 13.7. The minimum Gasteiger partial charge on any atom is -0.495 e. The van der Waals surface area contributed by atoms with Crippen molar-refractivity contribution in [3.05, 3.63) is 113 Å². The number of carbonyl (C=O) groups is 1. The molecule has 0 spiro atoms. The van der Waals surface area contributed by atoms with E-state index in [-0.39, 0.29) is 5.91 Å². The largest absolute Gasteiger partial charge is 0.495 e. The van der Waals surface area contributed by atoms with E-state index in [9.17, 15) is 9.90 Å². The van der Waals surface area contributed by atoms with Crippen LogP contribution in [0, 0.1) is 6.92 Å². The lowest BCUT2D eigenvalue weighted by Crippen LogP contribution is -2.15. The Bertz CT molecular complexity index is 1440. The Morgan fingerprint density at radius 2 is 1.78 bits per heavy atom. The minimum atomic E-state index is -0.943. The van der Waals surface area contributed by atoms with Crippen LogP contribution < -0.4 is 14.8 Å². The zero-order valence-corrected chi connectivity index (χ0v) is 20.8. The zero-order valence-electron chi connectivity index (χ0n) is 20.8. The summed E-state index contributed by atoms with van der Waals surface area (Å²) in [5.74, 6) is 1.10. The van der Waals surface area contributed by atoms with Crippen LogP contribution in [0.25, 0.3) is 17.2 Å². The van der Waals surface area contributed by atoms with Crippen LogP contribution in [0.5, 0.6) is 11.5 Å². The number of rotatable bonds is 6. The number of aryl methyl sites for hydroxylation is 1. The van der Waals surface area contributed by atoms with Gasteiger partial charge in [0.25, 0.3) is 5.91 Å². The number of anilines is 1. The third-order valence-corrected chi connectivity index (χ3v) is 6.41. The molecule has 1 aliphatic heterocycles. The van der Waals surface area contributed by atoms with E-state index in [1.54, 1.807) is 49.7 Å². The number of hydrogen-bond acceptors (Lipinski definition) is 5. The molecule has 0 saturated carbocycles. The van der Waals surface area contributed by atoms with Crippen molar-refractivity contribution in [1.82, 2.24) is 4.98 Å². The fraction of sp³-hybridized carbons (Fsp3) is 0.161. The van der Waals surface area contributed by atoms with Crippen LogP contribution in [0.15, 0.2) is 90.6 Å². The van der Waals surface area contributed by atoms with E-state index in [4.69, 9.17) is 9.47 Å². The smallest absolute Gasteiger partial charge is 0.251 e. The van der Waals surface area contributed by atoms with Crippen molar-refractivity contribution in [2.24, 2.45) is 0 Å². The van der Waals surface area contributed by atoms with Gasteiger partial charge in [-0.05, 0) is 66.1 Å². The molecule has 3 aromatic carbocycles. The Hall–Kier alpha value is -4.42. The van der Waals surface area contributed by atoms with Gasteiger partial charge in [-0.3, -0.25) is 9.78 Å². The van der Waals surface area contributed by atoms with E-state index < -0.39 is 6.10 Å². The monoisotopic (exact) mass is 492 g/mol. The van der Waals surface area contributed by atoms with E-state index in [0.717, 1.165) is 22.4 Å². The average Bonchev–Trinajstić information content (AvgIpc) is 3.15. The first-order chi connectivity index (χ1) is 18.0. The molecule has 6 nitrogen and oxygen atoms in total.